The summed E-state index contributed by atoms with van der Waals surface area (Å²) in [5.74, 6) is 0. The summed E-state index contributed by atoms with van der Waals surface area (Å²) in [4.78, 5) is 17.8. The van der Waals surface area contributed by atoms with E-state index in [-0.39, 0.29) is 6.54 Å². The van der Waals surface area contributed by atoms with Crippen LogP contribution >= 0.6 is 11.3 Å². The Labute approximate surface area is 200 Å². The fraction of sp³-hybridized carbons (Fsp3) is 0.500. The Morgan fingerprint density at radius 1 is 1.18 bits per heavy atom. The number of thiazole rings is 1. The van der Waals surface area contributed by atoms with Crippen LogP contribution in [0.4, 0.5) is 9.93 Å². The van der Waals surface area contributed by atoms with E-state index >= 15 is 0 Å². The summed E-state index contributed by atoms with van der Waals surface area (Å²) in [6.45, 7) is 15.7. The number of benzene rings is 1. The number of nitrogen functional groups attached to an aromatic ring is 1. The van der Waals surface area contributed by atoms with Crippen LogP contribution in [0.25, 0.3) is 17.3 Å². The number of alkyl carbamates (subject to hydrolysis) is 1. The van der Waals surface area contributed by atoms with E-state index in [9.17, 15) is 4.79 Å². The highest BCUT2D eigenvalue weighted by Gasteiger charge is 2.52. The van der Waals surface area contributed by atoms with Crippen LogP contribution in [-0.2, 0) is 14.0 Å². The number of rotatable bonds is 5. The fourth-order valence-corrected chi connectivity index (χ4v) is 4.03. The third-order valence-corrected chi connectivity index (χ3v) is 6.54. The molecule has 1 saturated heterocycles. The topological polar surface area (TPSA) is 95.7 Å². The third-order valence-electron chi connectivity index (χ3n) is 5.74. The fourth-order valence-electron chi connectivity index (χ4n) is 3.32. The number of aryl methyl sites for hydroxylation is 1. The van der Waals surface area contributed by atoms with Gasteiger partial charge >= 0.3 is 13.2 Å². The van der Waals surface area contributed by atoms with Crippen molar-refractivity contribution >= 4 is 35.8 Å². The van der Waals surface area contributed by atoms with Gasteiger partial charge in [0.2, 0.25) is 0 Å². The Kier molecular flexibility index (Phi) is 6.98. The van der Waals surface area contributed by atoms with E-state index in [1.54, 1.807) is 0 Å². The van der Waals surface area contributed by atoms with Crippen molar-refractivity contribution in [2.45, 2.75) is 72.2 Å². The molecule has 7 nitrogen and oxygen atoms in total. The highest BCUT2D eigenvalue weighted by atomic mass is 32.1. The second kappa shape index (κ2) is 9.12. The summed E-state index contributed by atoms with van der Waals surface area (Å²) in [6, 6.07) is 8.03. The molecule has 0 radical (unpaired) electrons. The second-order valence-electron chi connectivity index (χ2n) is 10.2. The Morgan fingerprint density at radius 2 is 1.76 bits per heavy atom. The summed E-state index contributed by atoms with van der Waals surface area (Å²) in [5, 5.41) is 3.38. The Hall–Kier alpha value is -2.36. The van der Waals surface area contributed by atoms with Gasteiger partial charge in [-0.15, -0.1) is 11.3 Å². The van der Waals surface area contributed by atoms with Gasteiger partial charge in [-0.3, -0.25) is 0 Å². The van der Waals surface area contributed by atoms with Crippen LogP contribution < -0.4 is 11.1 Å². The molecule has 178 valence electrons. The van der Waals surface area contributed by atoms with E-state index in [2.05, 4.69) is 10.3 Å². The minimum atomic E-state index is -0.592. The summed E-state index contributed by atoms with van der Waals surface area (Å²) in [7, 11) is -0.592. The Balaban J connectivity index is 1.85. The van der Waals surface area contributed by atoms with Gasteiger partial charge < -0.3 is 25.1 Å². The average Bonchev–Trinajstić information content (AvgIpc) is 3.11. The lowest BCUT2D eigenvalue weighted by Crippen LogP contribution is -2.41. The number of anilines is 1. The van der Waals surface area contributed by atoms with Crippen molar-refractivity contribution in [3.63, 3.8) is 0 Å². The van der Waals surface area contributed by atoms with E-state index in [0.717, 1.165) is 27.2 Å². The summed E-state index contributed by atoms with van der Waals surface area (Å²) in [5.41, 5.74) is 7.93. The highest BCUT2D eigenvalue weighted by Crippen LogP contribution is 2.39. The van der Waals surface area contributed by atoms with Gasteiger partial charge in [-0.2, -0.15) is 0 Å². The maximum Gasteiger partial charge on any atom is 0.492 e. The Morgan fingerprint density at radius 3 is 2.24 bits per heavy atom. The first-order valence-corrected chi connectivity index (χ1v) is 11.8. The number of hydrogen-bond acceptors (Lipinski definition) is 7. The first-order chi connectivity index (χ1) is 15.2. The molecule has 2 heterocycles. The maximum atomic E-state index is 12.3. The molecule has 33 heavy (non-hydrogen) atoms. The predicted octanol–water partition coefficient (Wildman–Crippen LogP) is 5.24. The highest BCUT2D eigenvalue weighted by molar-refractivity contribution is 7.15. The number of carbonyl (C=O) groups is 1. The number of nitrogens with two attached hydrogens (primary N) is 1. The molecule has 0 spiro atoms. The molecule has 0 aliphatic carbocycles. The van der Waals surface area contributed by atoms with Crippen molar-refractivity contribution in [2.75, 3.05) is 12.3 Å². The third kappa shape index (κ3) is 6.16. The second-order valence-corrected chi connectivity index (χ2v) is 11.5. The maximum absolute atomic E-state index is 12.3. The van der Waals surface area contributed by atoms with Gasteiger partial charge in [0.05, 0.1) is 16.9 Å². The standard InChI is InChI=1S/C24H34BN3O4S/c1-15-19(28-20(26)33-15)17-11-9-16(10-12-17)13-18(14-27-21(29)30-22(2,3)4)25-31-23(5,6)24(7,8)32-25/h9-13H,14H2,1-8H3,(H2,26,28)(H,27,29). The molecule has 1 aromatic heterocycles. The van der Waals surface area contributed by atoms with Crippen LogP contribution in [0.3, 0.4) is 0 Å². The summed E-state index contributed by atoms with van der Waals surface area (Å²) in [6.07, 6.45) is 1.49. The molecule has 1 amide bonds. The van der Waals surface area contributed by atoms with E-state index < -0.39 is 30.0 Å². The smallest absolute Gasteiger partial charge is 0.444 e. The van der Waals surface area contributed by atoms with Crippen LogP contribution in [0.5, 0.6) is 0 Å². The monoisotopic (exact) mass is 471 g/mol. The zero-order valence-corrected chi connectivity index (χ0v) is 21.6. The van der Waals surface area contributed by atoms with Gasteiger partial charge in [-0.25, -0.2) is 9.78 Å². The molecule has 1 fully saturated rings. The molecule has 0 bridgehead atoms. The zero-order valence-electron chi connectivity index (χ0n) is 20.7. The van der Waals surface area contributed by atoms with Crippen molar-refractivity contribution in [3.8, 4) is 11.3 Å². The predicted molar refractivity (Wildman–Crippen MR) is 135 cm³/mol. The van der Waals surface area contributed by atoms with Gasteiger partial charge in [0.15, 0.2) is 5.13 Å². The van der Waals surface area contributed by atoms with Crippen molar-refractivity contribution < 1.29 is 18.8 Å². The molecule has 3 N–H and O–H groups in total. The molecule has 0 atom stereocenters. The van der Waals surface area contributed by atoms with E-state index in [0.29, 0.717) is 5.13 Å². The normalized spacial score (nSPS) is 17.8. The lowest BCUT2D eigenvalue weighted by atomic mass is 9.77. The van der Waals surface area contributed by atoms with Gasteiger partial charge in [0.1, 0.15) is 5.60 Å². The van der Waals surface area contributed by atoms with Crippen LogP contribution in [0.2, 0.25) is 0 Å². The van der Waals surface area contributed by atoms with E-state index in [4.69, 9.17) is 19.8 Å². The molecular formula is C24H34BN3O4S. The number of nitrogens with zero attached hydrogens (tertiary/aromatic N) is 1. The molecule has 9 heteroatoms. The minimum Gasteiger partial charge on any atom is -0.444 e. The average molecular weight is 471 g/mol. The lowest BCUT2D eigenvalue weighted by Gasteiger charge is -2.32. The van der Waals surface area contributed by atoms with Gasteiger partial charge in [-0.05, 0) is 66.4 Å². The number of nitrogens with one attached hydrogen (secondary N) is 1. The number of carbonyl (C=O) groups excluding carboxylic acids is 1. The molecule has 1 aliphatic rings. The summed E-state index contributed by atoms with van der Waals surface area (Å²) < 4.78 is 17.9. The van der Waals surface area contributed by atoms with Crippen molar-refractivity contribution in [1.29, 1.82) is 0 Å². The van der Waals surface area contributed by atoms with Crippen LogP contribution in [-0.4, -0.2) is 41.5 Å². The van der Waals surface area contributed by atoms with Gasteiger partial charge in [0, 0.05) is 17.0 Å². The number of aromatic nitrogens is 1. The van der Waals surface area contributed by atoms with E-state index in [1.807, 2.05) is 85.7 Å². The SMILES string of the molecule is Cc1sc(N)nc1-c1ccc(C=C(CNC(=O)OC(C)(C)C)B2OC(C)(C)C(C)(C)O2)cc1. The first kappa shape index (κ1) is 25.3. The zero-order chi connectivity index (χ0) is 24.6. The molecular weight excluding hydrogens is 437 g/mol. The summed E-state index contributed by atoms with van der Waals surface area (Å²) >= 11 is 1.48. The lowest BCUT2D eigenvalue weighted by molar-refractivity contribution is 0.00578. The minimum absolute atomic E-state index is 0.231. The van der Waals surface area contributed by atoms with Crippen molar-refractivity contribution in [2.24, 2.45) is 0 Å². The van der Waals surface area contributed by atoms with Gasteiger partial charge in [0.25, 0.3) is 0 Å². The quantitative estimate of drug-likeness (QED) is 0.579. The van der Waals surface area contributed by atoms with Crippen LogP contribution in [0, 0.1) is 6.92 Å². The number of hydrogen-bond donors (Lipinski definition) is 2. The number of ether oxygens (including phenoxy) is 1. The van der Waals surface area contributed by atoms with Gasteiger partial charge in [-0.1, -0.05) is 30.3 Å². The largest absolute Gasteiger partial charge is 0.492 e. The van der Waals surface area contributed by atoms with Crippen molar-refractivity contribution in [3.05, 3.63) is 40.2 Å². The molecule has 2 aromatic rings. The molecule has 3 rings (SSSR count). The molecule has 0 unspecified atom stereocenters. The number of amides is 1. The van der Waals surface area contributed by atoms with E-state index in [1.165, 1.54) is 11.3 Å². The molecule has 1 aromatic carbocycles. The van der Waals surface area contributed by atoms with Crippen LogP contribution in [0.15, 0.2) is 29.7 Å². The van der Waals surface area contributed by atoms with Crippen molar-refractivity contribution in [1.82, 2.24) is 10.3 Å². The first-order valence-electron chi connectivity index (χ1n) is 11.0. The van der Waals surface area contributed by atoms with Crippen LogP contribution in [0.1, 0.15) is 58.9 Å². The molecule has 1 aliphatic heterocycles. The molecule has 0 saturated carbocycles. The Bertz CT molecular complexity index is 1020.